The number of hydrogen-bond donors (Lipinski definition) is 1. The molecule has 124 valence electrons. The number of ether oxygens (including phenoxy) is 2. The highest BCUT2D eigenvalue weighted by atomic mass is 16.5. The summed E-state index contributed by atoms with van der Waals surface area (Å²) in [6, 6.07) is 0. The topological polar surface area (TPSA) is 41.9 Å². The molecule has 0 aromatic carbocycles. The number of methoxy groups -OCH3 is 2. The first-order chi connectivity index (χ1) is 10.0. The van der Waals surface area contributed by atoms with Crippen molar-refractivity contribution in [2.75, 3.05) is 34.4 Å². The molecule has 0 radical (unpaired) electrons. The minimum absolute atomic E-state index is 0.193. The molecular weight excluding hydrogens is 266 g/mol. The van der Waals surface area contributed by atoms with E-state index in [2.05, 4.69) is 11.9 Å². The van der Waals surface area contributed by atoms with Gasteiger partial charge in [0.2, 0.25) is 0 Å². The summed E-state index contributed by atoms with van der Waals surface area (Å²) >= 11 is 0. The second kappa shape index (κ2) is 7.40. The molecule has 5 atom stereocenters. The fourth-order valence-electron chi connectivity index (χ4n) is 4.52. The predicted molar refractivity (Wildman–Crippen MR) is 84.4 cm³/mol. The van der Waals surface area contributed by atoms with Gasteiger partial charge >= 0.3 is 0 Å². The van der Waals surface area contributed by atoms with Crippen LogP contribution in [0.3, 0.4) is 0 Å². The SMILES string of the molecule is COC1CCC([C@]2(CC[C@H](C)O)CCN(C)C2)CC1OC. The molecule has 1 N–H and O–H groups in total. The number of aliphatic hydroxyl groups is 1. The third-order valence-corrected chi connectivity index (χ3v) is 5.84. The minimum atomic E-state index is -0.193. The van der Waals surface area contributed by atoms with Crippen molar-refractivity contribution >= 4 is 0 Å². The maximum atomic E-state index is 9.71. The van der Waals surface area contributed by atoms with Crippen LogP contribution < -0.4 is 0 Å². The van der Waals surface area contributed by atoms with Crippen molar-refractivity contribution in [1.29, 1.82) is 0 Å². The molecule has 1 heterocycles. The highest BCUT2D eigenvalue weighted by molar-refractivity contribution is 4.98. The molecule has 1 aliphatic heterocycles. The van der Waals surface area contributed by atoms with Gasteiger partial charge in [-0.3, -0.25) is 0 Å². The molecule has 1 saturated carbocycles. The van der Waals surface area contributed by atoms with Crippen LogP contribution in [0.4, 0.5) is 0 Å². The van der Waals surface area contributed by atoms with E-state index in [-0.39, 0.29) is 18.3 Å². The predicted octanol–water partition coefficient (Wildman–Crippen LogP) is 2.30. The average molecular weight is 299 g/mol. The van der Waals surface area contributed by atoms with Crippen molar-refractivity contribution in [3.8, 4) is 0 Å². The van der Waals surface area contributed by atoms with E-state index in [1.807, 2.05) is 14.0 Å². The van der Waals surface area contributed by atoms with Crippen molar-refractivity contribution < 1.29 is 14.6 Å². The van der Waals surface area contributed by atoms with Crippen LogP contribution in [0.2, 0.25) is 0 Å². The minimum Gasteiger partial charge on any atom is -0.393 e. The lowest BCUT2D eigenvalue weighted by molar-refractivity contribution is -0.0888. The molecule has 2 fully saturated rings. The Balaban J connectivity index is 2.07. The van der Waals surface area contributed by atoms with Gasteiger partial charge in [-0.05, 0) is 70.4 Å². The van der Waals surface area contributed by atoms with Gasteiger partial charge in [0.1, 0.15) is 0 Å². The summed E-state index contributed by atoms with van der Waals surface area (Å²) in [5.74, 6) is 0.692. The van der Waals surface area contributed by atoms with Crippen molar-refractivity contribution in [3.63, 3.8) is 0 Å². The van der Waals surface area contributed by atoms with E-state index in [1.165, 1.54) is 25.9 Å². The lowest BCUT2D eigenvalue weighted by atomic mass is 9.64. The molecular formula is C17H33NO3. The molecule has 0 aromatic heterocycles. The number of nitrogens with zero attached hydrogens (tertiary/aromatic N) is 1. The van der Waals surface area contributed by atoms with Gasteiger partial charge in [0, 0.05) is 20.8 Å². The fourth-order valence-corrected chi connectivity index (χ4v) is 4.52. The first kappa shape index (κ1) is 17.2. The van der Waals surface area contributed by atoms with E-state index in [9.17, 15) is 5.11 Å². The normalized spacial score (nSPS) is 39.6. The Morgan fingerprint density at radius 2 is 1.95 bits per heavy atom. The first-order valence-corrected chi connectivity index (χ1v) is 8.43. The highest BCUT2D eigenvalue weighted by Crippen LogP contribution is 2.48. The summed E-state index contributed by atoms with van der Waals surface area (Å²) in [5, 5.41) is 9.71. The smallest absolute Gasteiger partial charge is 0.0835 e. The third kappa shape index (κ3) is 3.98. The molecule has 2 aliphatic rings. The van der Waals surface area contributed by atoms with Crippen LogP contribution in [0.5, 0.6) is 0 Å². The molecule has 3 unspecified atom stereocenters. The molecule has 2 rings (SSSR count). The van der Waals surface area contributed by atoms with E-state index in [4.69, 9.17) is 9.47 Å². The van der Waals surface area contributed by atoms with Crippen molar-refractivity contribution in [2.45, 2.75) is 63.8 Å². The Hall–Kier alpha value is -0.160. The summed E-state index contributed by atoms with van der Waals surface area (Å²) in [7, 11) is 5.82. The summed E-state index contributed by atoms with van der Waals surface area (Å²) in [6.45, 7) is 4.26. The van der Waals surface area contributed by atoms with Crippen LogP contribution >= 0.6 is 0 Å². The Labute approximate surface area is 129 Å². The molecule has 0 aromatic rings. The summed E-state index contributed by atoms with van der Waals surface area (Å²) in [6.07, 6.45) is 7.01. The molecule has 4 nitrogen and oxygen atoms in total. The summed E-state index contributed by atoms with van der Waals surface area (Å²) < 4.78 is 11.3. The van der Waals surface area contributed by atoms with Crippen LogP contribution in [-0.2, 0) is 9.47 Å². The van der Waals surface area contributed by atoms with Crippen LogP contribution in [0, 0.1) is 11.3 Å². The quantitative estimate of drug-likeness (QED) is 0.817. The molecule has 0 bridgehead atoms. The molecule has 4 heteroatoms. The molecule has 1 saturated heterocycles. The highest BCUT2D eigenvalue weighted by Gasteiger charge is 2.46. The lowest BCUT2D eigenvalue weighted by Gasteiger charge is -2.44. The maximum Gasteiger partial charge on any atom is 0.0835 e. The van der Waals surface area contributed by atoms with Crippen molar-refractivity contribution in [2.24, 2.45) is 11.3 Å². The number of rotatable bonds is 6. The summed E-state index contributed by atoms with van der Waals surface area (Å²) in [5.41, 5.74) is 0.362. The van der Waals surface area contributed by atoms with E-state index < -0.39 is 0 Å². The monoisotopic (exact) mass is 299 g/mol. The Bertz CT molecular complexity index is 323. The average Bonchev–Trinajstić information content (AvgIpc) is 2.87. The fraction of sp³-hybridized carbons (Fsp3) is 1.00. The lowest BCUT2D eigenvalue weighted by Crippen LogP contribution is -2.44. The third-order valence-electron chi connectivity index (χ3n) is 5.84. The van der Waals surface area contributed by atoms with Gasteiger partial charge in [-0.1, -0.05) is 0 Å². The van der Waals surface area contributed by atoms with Gasteiger partial charge in [-0.15, -0.1) is 0 Å². The maximum absolute atomic E-state index is 9.71. The standard InChI is InChI=1S/C17H33NO3/c1-13(19)7-8-17(9-10-18(2)12-17)14-5-6-15(20-3)16(11-14)21-4/h13-16,19H,5-12H2,1-4H3/t13-,14?,15?,16?,17+/m0/s1. The molecule has 0 amide bonds. The molecule has 21 heavy (non-hydrogen) atoms. The van der Waals surface area contributed by atoms with Gasteiger partial charge in [-0.2, -0.15) is 0 Å². The zero-order valence-electron chi connectivity index (χ0n) is 14.2. The van der Waals surface area contributed by atoms with Crippen LogP contribution in [-0.4, -0.2) is 62.7 Å². The first-order valence-electron chi connectivity index (χ1n) is 8.43. The second-order valence-corrected chi connectivity index (χ2v) is 7.30. The van der Waals surface area contributed by atoms with Gasteiger partial charge < -0.3 is 19.5 Å². The number of hydrogen-bond acceptors (Lipinski definition) is 4. The molecule has 0 spiro atoms. The van der Waals surface area contributed by atoms with E-state index >= 15 is 0 Å². The van der Waals surface area contributed by atoms with Gasteiger partial charge in [0.25, 0.3) is 0 Å². The van der Waals surface area contributed by atoms with Crippen LogP contribution in [0.1, 0.15) is 45.4 Å². The van der Waals surface area contributed by atoms with Crippen molar-refractivity contribution in [3.05, 3.63) is 0 Å². The Morgan fingerprint density at radius 3 is 2.48 bits per heavy atom. The van der Waals surface area contributed by atoms with Crippen LogP contribution in [0.25, 0.3) is 0 Å². The van der Waals surface area contributed by atoms with Crippen molar-refractivity contribution in [1.82, 2.24) is 4.90 Å². The zero-order valence-corrected chi connectivity index (χ0v) is 14.2. The van der Waals surface area contributed by atoms with E-state index in [1.54, 1.807) is 7.11 Å². The second-order valence-electron chi connectivity index (χ2n) is 7.30. The van der Waals surface area contributed by atoms with Crippen LogP contribution in [0.15, 0.2) is 0 Å². The van der Waals surface area contributed by atoms with Gasteiger partial charge in [0.15, 0.2) is 0 Å². The van der Waals surface area contributed by atoms with E-state index in [0.29, 0.717) is 11.3 Å². The number of aliphatic hydroxyl groups excluding tert-OH is 1. The Morgan fingerprint density at radius 1 is 1.24 bits per heavy atom. The van der Waals surface area contributed by atoms with Gasteiger partial charge in [-0.25, -0.2) is 0 Å². The zero-order chi connectivity index (χ0) is 15.5. The van der Waals surface area contributed by atoms with Gasteiger partial charge in [0.05, 0.1) is 18.3 Å². The summed E-state index contributed by atoms with van der Waals surface area (Å²) in [4.78, 5) is 2.45. The molecule has 1 aliphatic carbocycles. The largest absolute Gasteiger partial charge is 0.393 e. The van der Waals surface area contributed by atoms with E-state index in [0.717, 1.165) is 25.7 Å². The Kier molecular flexibility index (Phi) is 6.06. The number of likely N-dealkylation sites (tertiary alicyclic amines) is 1.